The number of aromatic nitrogens is 1. The van der Waals surface area contributed by atoms with Gasteiger partial charge in [-0.1, -0.05) is 6.07 Å². The SMILES string of the molecule is OCCN1CCN(CC(O)c2cccnc2)CC1. The van der Waals surface area contributed by atoms with Crippen molar-refractivity contribution in [2.45, 2.75) is 6.10 Å². The molecular weight excluding hydrogens is 230 g/mol. The quantitative estimate of drug-likeness (QED) is 0.754. The molecule has 5 nitrogen and oxygen atoms in total. The Morgan fingerprint density at radius 3 is 2.56 bits per heavy atom. The molecule has 2 heterocycles. The van der Waals surface area contributed by atoms with Gasteiger partial charge in [0.15, 0.2) is 0 Å². The van der Waals surface area contributed by atoms with Crippen molar-refractivity contribution in [3.05, 3.63) is 30.1 Å². The summed E-state index contributed by atoms with van der Waals surface area (Å²) < 4.78 is 0. The van der Waals surface area contributed by atoms with E-state index in [4.69, 9.17) is 5.11 Å². The molecule has 100 valence electrons. The second-order valence-electron chi connectivity index (χ2n) is 4.67. The number of β-amino-alcohol motifs (C(OH)–C–C–N with tert-alkyl or cyclic N) is 2. The van der Waals surface area contributed by atoms with Gasteiger partial charge in [0.1, 0.15) is 0 Å². The smallest absolute Gasteiger partial charge is 0.0931 e. The maximum atomic E-state index is 10.1. The van der Waals surface area contributed by atoms with Gasteiger partial charge < -0.3 is 10.2 Å². The van der Waals surface area contributed by atoms with Crippen LogP contribution in [-0.4, -0.2) is 70.9 Å². The van der Waals surface area contributed by atoms with Gasteiger partial charge in [-0.15, -0.1) is 0 Å². The van der Waals surface area contributed by atoms with Crippen molar-refractivity contribution in [2.75, 3.05) is 45.9 Å². The number of hydrogen-bond acceptors (Lipinski definition) is 5. The number of pyridine rings is 1. The van der Waals surface area contributed by atoms with Gasteiger partial charge in [0.05, 0.1) is 12.7 Å². The minimum atomic E-state index is -0.469. The molecule has 0 amide bonds. The third-order valence-corrected chi connectivity index (χ3v) is 3.38. The zero-order valence-corrected chi connectivity index (χ0v) is 10.6. The Labute approximate surface area is 108 Å². The molecule has 1 saturated heterocycles. The molecule has 2 rings (SSSR count). The fourth-order valence-corrected chi connectivity index (χ4v) is 2.26. The second kappa shape index (κ2) is 6.80. The van der Waals surface area contributed by atoms with Crippen molar-refractivity contribution >= 4 is 0 Å². The topological polar surface area (TPSA) is 59.8 Å². The van der Waals surface area contributed by atoms with E-state index in [0.29, 0.717) is 6.54 Å². The summed E-state index contributed by atoms with van der Waals surface area (Å²) in [6.45, 7) is 5.42. The zero-order chi connectivity index (χ0) is 12.8. The summed E-state index contributed by atoms with van der Waals surface area (Å²) >= 11 is 0. The van der Waals surface area contributed by atoms with Gasteiger partial charge in [0, 0.05) is 57.2 Å². The first kappa shape index (κ1) is 13.4. The lowest BCUT2D eigenvalue weighted by molar-refractivity contribution is 0.0660. The van der Waals surface area contributed by atoms with E-state index in [1.807, 2.05) is 12.1 Å². The van der Waals surface area contributed by atoms with Crippen molar-refractivity contribution in [3.8, 4) is 0 Å². The molecular formula is C13H21N3O2. The largest absolute Gasteiger partial charge is 0.395 e. The molecule has 0 radical (unpaired) electrons. The van der Waals surface area contributed by atoms with Crippen LogP contribution < -0.4 is 0 Å². The third kappa shape index (κ3) is 3.74. The number of piperazine rings is 1. The Balaban J connectivity index is 1.78. The van der Waals surface area contributed by atoms with E-state index >= 15 is 0 Å². The predicted octanol–water partition coefficient (Wildman–Crippen LogP) is -0.275. The lowest BCUT2D eigenvalue weighted by Gasteiger charge is -2.35. The van der Waals surface area contributed by atoms with Crippen LogP contribution in [0, 0.1) is 0 Å². The molecule has 5 heteroatoms. The van der Waals surface area contributed by atoms with Gasteiger partial charge in [-0.2, -0.15) is 0 Å². The van der Waals surface area contributed by atoms with Crippen molar-refractivity contribution < 1.29 is 10.2 Å². The van der Waals surface area contributed by atoms with E-state index in [1.54, 1.807) is 12.4 Å². The summed E-state index contributed by atoms with van der Waals surface area (Å²) in [6.07, 6.45) is 2.96. The summed E-state index contributed by atoms with van der Waals surface area (Å²) in [5, 5.41) is 19.0. The maximum absolute atomic E-state index is 10.1. The summed E-state index contributed by atoms with van der Waals surface area (Å²) in [7, 11) is 0. The summed E-state index contributed by atoms with van der Waals surface area (Å²) in [5.74, 6) is 0. The van der Waals surface area contributed by atoms with Crippen LogP contribution in [0.3, 0.4) is 0 Å². The molecule has 0 saturated carbocycles. The van der Waals surface area contributed by atoms with E-state index in [1.165, 1.54) is 0 Å². The predicted molar refractivity (Wildman–Crippen MR) is 69.2 cm³/mol. The van der Waals surface area contributed by atoms with Crippen molar-refractivity contribution in [2.24, 2.45) is 0 Å². The van der Waals surface area contributed by atoms with Gasteiger partial charge in [-0.25, -0.2) is 0 Å². The summed E-state index contributed by atoms with van der Waals surface area (Å²) in [6, 6.07) is 3.75. The molecule has 0 aliphatic carbocycles. The molecule has 0 bridgehead atoms. The summed E-state index contributed by atoms with van der Waals surface area (Å²) in [5.41, 5.74) is 0.871. The number of aliphatic hydroxyl groups excluding tert-OH is 2. The Hall–Kier alpha value is -1.01. The van der Waals surface area contributed by atoms with Crippen molar-refractivity contribution in [1.29, 1.82) is 0 Å². The van der Waals surface area contributed by atoms with Crippen LogP contribution in [0.1, 0.15) is 11.7 Å². The van der Waals surface area contributed by atoms with Gasteiger partial charge in [-0.3, -0.25) is 14.8 Å². The lowest BCUT2D eigenvalue weighted by Crippen LogP contribution is -2.48. The second-order valence-corrected chi connectivity index (χ2v) is 4.67. The molecule has 1 aliphatic heterocycles. The molecule has 1 aromatic rings. The fourth-order valence-electron chi connectivity index (χ4n) is 2.26. The highest BCUT2D eigenvalue weighted by Crippen LogP contribution is 2.13. The van der Waals surface area contributed by atoms with Crippen LogP contribution in [0.5, 0.6) is 0 Å². The highest BCUT2D eigenvalue weighted by Gasteiger charge is 2.19. The van der Waals surface area contributed by atoms with Crippen molar-refractivity contribution in [1.82, 2.24) is 14.8 Å². The van der Waals surface area contributed by atoms with Crippen LogP contribution in [-0.2, 0) is 0 Å². The normalized spacial score (nSPS) is 19.9. The van der Waals surface area contributed by atoms with Crippen LogP contribution in [0.15, 0.2) is 24.5 Å². The fraction of sp³-hybridized carbons (Fsp3) is 0.615. The molecule has 18 heavy (non-hydrogen) atoms. The van der Waals surface area contributed by atoms with Crippen molar-refractivity contribution in [3.63, 3.8) is 0 Å². The highest BCUT2D eigenvalue weighted by molar-refractivity contribution is 5.12. The van der Waals surface area contributed by atoms with Gasteiger partial charge >= 0.3 is 0 Å². The first-order valence-electron chi connectivity index (χ1n) is 6.43. The first-order valence-corrected chi connectivity index (χ1v) is 6.43. The van der Waals surface area contributed by atoms with Crippen LogP contribution >= 0.6 is 0 Å². The Morgan fingerprint density at radius 2 is 1.94 bits per heavy atom. The Bertz CT molecular complexity index is 339. The monoisotopic (exact) mass is 251 g/mol. The number of rotatable bonds is 5. The molecule has 0 aromatic carbocycles. The van der Waals surface area contributed by atoms with E-state index in [2.05, 4.69) is 14.8 Å². The van der Waals surface area contributed by atoms with E-state index in [-0.39, 0.29) is 6.61 Å². The van der Waals surface area contributed by atoms with Crippen LogP contribution in [0.2, 0.25) is 0 Å². The zero-order valence-electron chi connectivity index (χ0n) is 10.6. The standard InChI is InChI=1S/C13H21N3O2/c17-9-8-15-4-6-16(7-5-15)11-13(18)12-2-1-3-14-10-12/h1-3,10,13,17-18H,4-9,11H2. The average molecular weight is 251 g/mol. The minimum absolute atomic E-state index is 0.221. The van der Waals surface area contributed by atoms with Gasteiger partial charge in [-0.05, 0) is 6.07 Å². The maximum Gasteiger partial charge on any atom is 0.0931 e. The molecule has 1 fully saturated rings. The molecule has 2 N–H and O–H groups in total. The molecule has 1 aromatic heterocycles. The minimum Gasteiger partial charge on any atom is -0.395 e. The lowest BCUT2D eigenvalue weighted by atomic mass is 10.1. The van der Waals surface area contributed by atoms with E-state index in [9.17, 15) is 5.11 Å². The molecule has 0 spiro atoms. The molecule has 1 unspecified atom stereocenters. The third-order valence-electron chi connectivity index (χ3n) is 3.38. The first-order chi connectivity index (χ1) is 8.79. The van der Waals surface area contributed by atoms with Crippen LogP contribution in [0.25, 0.3) is 0 Å². The number of hydrogen-bond donors (Lipinski definition) is 2. The van der Waals surface area contributed by atoms with Gasteiger partial charge in [0.25, 0.3) is 0 Å². The van der Waals surface area contributed by atoms with Crippen LogP contribution in [0.4, 0.5) is 0 Å². The Kier molecular flexibility index (Phi) is 5.07. The van der Waals surface area contributed by atoms with Gasteiger partial charge in [0.2, 0.25) is 0 Å². The Morgan fingerprint density at radius 1 is 1.22 bits per heavy atom. The summed E-state index contributed by atoms with van der Waals surface area (Å²) in [4.78, 5) is 8.52. The van der Waals surface area contributed by atoms with E-state index < -0.39 is 6.10 Å². The molecule has 1 atom stereocenters. The van der Waals surface area contributed by atoms with E-state index in [0.717, 1.165) is 38.3 Å². The average Bonchev–Trinajstić information content (AvgIpc) is 2.42. The molecule has 1 aliphatic rings. The number of aliphatic hydroxyl groups is 2. The highest BCUT2D eigenvalue weighted by atomic mass is 16.3. The number of nitrogens with zero attached hydrogens (tertiary/aromatic N) is 3.